The van der Waals surface area contributed by atoms with E-state index >= 15 is 0 Å². The Morgan fingerprint density at radius 1 is 1.37 bits per heavy atom. The molecule has 0 bridgehead atoms. The maximum Gasteiger partial charge on any atom is 0.359 e. The molecule has 0 fully saturated rings. The maximum atomic E-state index is 12.0. The molecule has 108 valence electrons. The third kappa shape index (κ3) is 5.03. The molecule has 5 heteroatoms. The quantitative estimate of drug-likeness (QED) is 0.713. The van der Waals surface area contributed by atoms with Gasteiger partial charge in [-0.1, -0.05) is 13.8 Å². The fourth-order valence-corrected chi connectivity index (χ4v) is 1.81. The average Bonchev–Trinajstić information content (AvgIpc) is 2.77. The van der Waals surface area contributed by atoms with Gasteiger partial charge in [0.05, 0.1) is 6.61 Å². The Morgan fingerprint density at radius 2 is 2.05 bits per heavy atom. The number of esters is 1. The maximum absolute atomic E-state index is 12.0. The van der Waals surface area contributed by atoms with Crippen molar-refractivity contribution < 1.29 is 14.3 Å². The summed E-state index contributed by atoms with van der Waals surface area (Å²) in [6, 6.07) is 1.91. The monoisotopic (exact) mass is 268 g/mol. The molecule has 0 unspecified atom stereocenters. The fraction of sp³-hybridized carbons (Fsp3) is 0.714. The average molecular weight is 268 g/mol. The van der Waals surface area contributed by atoms with Gasteiger partial charge in [-0.15, -0.1) is 0 Å². The summed E-state index contributed by atoms with van der Waals surface area (Å²) in [5, 5.41) is 4.20. The smallest absolute Gasteiger partial charge is 0.359 e. The number of hydrogen-bond acceptors (Lipinski definition) is 4. The molecule has 0 radical (unpaired) electrons. The van der Waals surface area contributed by atoms with Crippen molar-refractivity contribution in [1.82, 2.24) is 9.78 Å². The van der Waals surface area contributed by atoms with Crippen LogP contribution in [0.1, 0.15) is 50.6 Å². The first-order chi connectivity index (χ1) is 8.93. The zero-order valence-electron chi connectivity index (χ0n) is 12.4. The number of carbonyl (C=O) groups excluding carboxylic acids is 1. The lowest BCUT2D eigenvalue weighted by Gasteiger charge is -2.18. The van der Waals surface area contributed by atoms with Crippen molar-refractivity contribution in [1.29, 1.82) is 0 Å². The Labute approximate surface area is 114 Å². The van der Waals surface area contributed by atoms with Crippen LogP contribution in [0.15, 0.2) is 12.3 Å². The number of aromatic nitrogens is 2. The van der Waals surface area contributed by atoms with E-state index in [1.807, 2.05) is 13.8 Å². The third-order valence-corrected chi connectivity index (χ3v) is 2.71. The zero-order valence-corrected chi connectivity index (χ0v) is 12.4. The second-order valence-electron chi connectivity index (χ2n) is 5.39. The minimum absolute atomic E-state index is 0.221. The highest BCUT2D eigenvalue weighted by atomic mass is 16.6. The highest BCUT2D eigenvalue weighted by molar-refractivity contribution is 5.87. The van der Waals surface area contributed by atoms with Crippen LogP contribution in [0.25, 0.3) is 0 Å². The van der Waals surface area contributed by atoms with Crippen LogP contribution >= 0.6 is 0 Å². The minimum atomic E-state index is -0.387. The fourth-order valence-electron chi connectivity index (χ4n) is 1.81. The number of rotatable bonds is 7. The van der Waals surface area contributed by atoms with Crippen LogP contribution in [0, 0.1) is 5.92 Å². The van der Waals surface area contributed by atoms with E-state index in [1.54, 1.807) is 24.1 Å². The number of methoxy groups -OCH3 is 1. The Morgan fingerprint density at radius 3 is 2.53 bits per heavy atom. The molecule has 1 atom stereocenters. The molecule has 0 spiro atoms. The van der Waals surface area contributed by atoms with E-state index < -0.39 is 0 Å². The molecule has 0 saturated carbocycles. The van der Waals surface area contributed by atoms with E-state index in [0.717, 1.165) is 6.42 Å². The number of hydrogen-bond donors (Lipinski definition) is 0. The molecular weight excluding hydrogens is 244 g/mol. The Bertz CT molecular complexity index is 399. The Balaban J connectivity index is 2.64. The summed E-state index contributed by atoms with van der Waals surface area (Å²) in [7, 11) is 1.61. The van der Waals surface area contributed by atoms with Gasteiger partial charge in [-0.2, -0.15) is 5.10 Å². The summed E-state index contributed by atoms with van der Waals surface area (Å²) in [5.41, 5.74) is 0.346. The van der Waals surface area contributed by atoms with Crippen molar-refractivity contribution in [2.75, 3.05) is 13.7 Å². The molecule has 5 nitrogen and oxygen atoms in total. The van der Waals surface area contributed by atoms with Gasteiger partial charge in [0.15, 0.2) is 5.69 Å². The van der Waals surface area contributed by atoms with E-state index in [2.05, 4.69) is 18.9 Å². The van der Waals surface area contributed by atoms with Crippen LogP contribution in [0.5, 0.6) is 0 Å². The van der Waals surface area contributed by atoms with Crippen LogP contribution in [0.4, 0.5) is 0 Å². The van der Waals surface area contributed by atoms with Crippen molar-refractivity contribution in [2.45, 2.75) is 46.3 Å². The van der Waals surface area contributed by atoms with Gasteiger partial charge < -0.3 is 9.47 Å². The SMILES string of the molecule is COC[C@H](CC(C)C)OC(=O)c1ccn(C(C)C)n1. The molecule has 0 aliphatic heterocycles. The topological polar surface area (TPSA) is 53.4 Å². The Hall–Kier alpha value is -1.36. The lowest BCUT2D eigenvalue weighted by Crippen LogP contribution is -2.25. The van der Waals surface area contributed by atoms with Gasteiger partial charge in [0.1, 0.15) is 6.10 Å². The van der Waals surface area contributed by atoms with Gasteiger partial charge in [0.25, 0.3) is 0 Å². The predicted octanol–water partition coefficient (Wildman–Crippen LogP) is 2.68. The normalized spacial score (nSPS) is 13.0. The van der Waals surface area contributed by atoms with E-state index in [1.165, 1.54) is 0 Å². The number of carbonyl (C=O) groups is 1. The molecule has 0 N–H and O–H groups in total. The van der Waals surface area contributed by atoms with Crippen LogP contribution in [-0.4, -0.2) is 35.6 Å². The van der Waals surface area contributed by atoms with Crippen molar-refractivity contribution in [3.8, 4) is 0 Å². The van der Waals surface area contributed by atoms with Gasteiger partial charge in [-0.05, 0) is 32.3 Å². The van der Waals surface area contributed by atoms with Gasteiger partial charge in [-0.3, -0.25) is 4.68 Å². The van der Waals surface area contributed by atoms with Crippen molar-refractivity contribution in [3.63, 3.8) is 0 Å². The second-order valence-corrected chi connectivity index (χ2v) is 5.39. The van der Waals surface area contributed by atoms with Crippen LogP contribution in [0.2, 0.25) is 0 Å². The summed E-state index contributed by atoms with van der Waals surface area (Å²) in [4.78, 5) is 12.0. The van der Waals surface area contributed by atoms with Crippen molar-refractivity contribution in [3.05, 3.63) is 18.0 Å². The van der Waals surface area contributed by atoms with Crippen LogP contribution in [-0.2, 0) is 9.47 Å². The van der Waals surface area contributed by atoms with E-state index in [4.69, 9.17) is 9.47 Å². The standard InChI is InChI=1S/C14H24N2O3/c1-10(2)8-12(9-18-5)19-14(17)13-6-7-16(15-13)11(3)4/h6-7,10-12H,8-9H2,1-5H3/t12-/m0/s1. The lowest BCUT2D eigenvalue weighted by atomic mass is 10.1. The highest BCUT2D eigenvalue weighted by Gasteiger charge is 2.19. The van der Waals surface area contributed by atoms with E-state index in [-0.39, 0.29) is 18.1 Å². The first kappa shape index (κ1) is 15.7. The van der Waals surface area contributed by atoms with Crippen LogP contribution < -0.4 is 0 Å². The van der Waals surface area contributed by atoms with Crippen molar-refractivity contribution >= 4 is 5.97 Å². The second kappa shape index (κ2) is 7.28. The first-order valence-corrected chi connectivity index (χ1v) is 6.69. The van der Waals surface area contributed by atoms with E-state index in [0.29, 0.717) is 18.2 Å². The third-order valence-electron chi connectivity index (χ3n) is 2.71. The summed E-state index contributed by atoms with van der Waals surface area (Å²) >= 11 is 0. The zero-order chi connectivity index (χ0) is 14.4. The molecule has 1 rings (SSSR count). The minimum Gasteiger partial charge on any atom is -0.455 e. The molecule has 0 amide bonds. The molecule has 19 heavy (non-hydrogen) atoms. The van der Waals surface area contributed by atoms with Gasteiger partial charge in [-0.25, -0.2) is 4.79 Å². The summed E-state index contributed by atoms with van der Waals surface area (Å²) in [5.74, 6) is 0.0586. The molecule has 0 aliphatic carbocycles. The lowest BCUT2D eigenvalue weighted by molar-refractivity contribution is -0.00130. The largest absolute Gasteiger partial charge is 0.455 e. The summed E-state index contributed by atoms with van der Waals surface area (Å²) < 4.78 is 12.3. The first-order valence-electron chi connectivity index (χ1n) is 6.69. The van der Waals surface area contributed by atoms with E-state index in [9.17, 15) is 4.79 Å². The van der Waals surface area contributed by atoms with Crippen LogP contribution in [0.3, 0.4) is 0 Å². The number of nitrogens with zero attached hydrogens (tertiary/aromatic N) is 2. The Kier molecular flexibility index (Phi) is 6.02. The number of ether oxygens (including phenoxy) is 2. The molecule has 1 heterocycles. The molecular formula is C14H24N2O3. The summed E-state index contributed by atoms with van der Waals surface area (Å²) in [6.07, 6.45) is 2.35. The van der Waals surface area contributed by atoms with Gasteiger partial charge >= 0.3 is 5.97 Å². The molecule has 1 aromatic rings. The van der Waals surface area contributed by atoms with Crippen molar-refractivity contribution in [2.24, 2.45) is 5.92 Å². The molecule has 0 saturated heterocycles. The molecule has 0 aromatic carbocycles. The molecule has 0 aliphatic rings. The predicted molar refractivity (Wildman–Crippen MR) is 73.1 cm³/mol. The van der Waals surface area contributed by atoms with Gasteiger partial charge in [0, 0.05) is 19.3 Å². The summed E-state index contributed by atoms with van der Waals surface area (Å²) in [6.45, 7) is 8.60. The van der Waals surface area contributed by atoms with Gasteiger partial charge in [0.2, 0.25) is 0 Å². The highest BCUT2D eigenvalue weighted by Crippen LogP contribution is 2.12. The molecule has 1 aromatic heterocycles.